The van der Waals surface area contributed by atoms with Crippen LogP contribution in [0.2, 0.25) is 0 Å². The van der Waals surface area contributed by atoms with Gasteiger partial charge in [-0.1, -0.05) is 17.8 Å². The number of rotatable bonds is 6. The molecule has 0 unspecified atom stereocenters. The van der Waals surface area contributed by atoms with Crippen LogP contribution in [0.15, 0.2) is 60.0 Å². The lowest BCUT2D eigenvalue weighted by molar-refractivity contribution is -0.131. The SMILES string of the molecule is CC(=O)Nc1ccc(OC(=O)CSc2nccn2-c2ccc(C)c(C)c2)cc1. The Kier molecular flexibility index (Phi) is 6.16. The van der Waals surface area contributed by atoms with Crippen molar-refractivity contribution >= 4 is 29.3 Å². The third-order valence-corrected chi connectivity index (χ3v) is 5.04. The third-order valence-electron chi connectivity index (χ3n) is 4.10. The molecular formula is C21H21N3O3S. The number of amides is 1. The fourth-order valence-electron chi connectivity index (χ4n) is 2.56. The van der Waals surface area contributed by atoms with Crippen LogP contribution in [-0.4, -0.2) is 27.2 Å². The molecule has 0 atom stereocenters. The fourth-order valence-corrected chi connectivity index (χ4v) is 3.31. The summed E-state index contributed by atoms with van der Waals surface area (Å²) >= 11 is 1.32. The number of hydrogen-bond acceptors (Lipinski definition) is 5. The van der Waals surface area contributed by atoms with Gasteiger partial charge in [0.15, 0.2) is 5.16 Å². The predicted molar refractivity (Wildman–Crippen MR) is 110 cm³/mol. The number of carbonyl (C=O) groups excluding carboxylic acids is 2. The molecule has 0 aliphatic rings. The van der Waals surface area contributed by atoms with Gasteiger partial charge in [-0.2, -0.15) is 0 Å². The molecule has 0 spiro atoms. The zero-order valence-corrected chi connectivity index (χ0v) is 16.7. The van der Waals surface area contributed by atoms with Gasteiger partial charge in [0.1, 0.15) is 5.75 Å². The number of hydrogen-bond donors (Lipinski definition) is 1. The lowest BCUT2D eigenvalue weighted by Gasteiger charge is -2.10. The van der Waals surface area contributed by atoms with E-state index in [0.29, 0.717) is 11.4 Å². The Balaban J connectivity index is 1.60. The Morgan fingerprint density at radius 2 is 1.86 bits per heavy atom. The van der Waals surface area contributed by atoms with Crippen LogP contribution in [0.4, 0.5) is 5.69 Å². The topological polar surface area (TPSA) is 73.2 Å². The number of imidazole rings is 1. The van der Waals surface area contributed by atoms with Crippen LogP contribution < -0.4 is 10.1 Å². The summed E-state index contributed by atoms with van der Waals surface area (Å²) in [6.45, 7) is 5.57. The standard InChI is InChI=1S/C21H21N3O3S/c1-14-4-7-18(12-15(14)2)24-11-10-22-21(24)28-13-20(26)27-19-8-5-17(6-9-19)23-16(3)25/h4-12H,13H2,1-3H3,(H,23,25). The summed E-state index contributed by atoms with van der Waals surface area (Å²) in [5.74, 6) is 0.0412. The molecule has 1 N–H and O–H groups in total. The maximum atomic E-state index is 12.2. The van der Waals surface area contributed by atoms with Crippen LogP contribution in [0.25, 0.3) is 5.69 Å². The second-order valence-corrected chi connectivity index (χ2v) is 7.26. The van der Waals surface area contributed by atoms with E-state index in [1.54, 1.807) is 30.5 Å². The smallest absolute Gasteiger partial charge is 0.321 e. The summed E-state index contributed by atoms with van der Waals surface area (Å²) in [6, 6.07) is 12.8. The van der Waals surface area contributed by atoms with Gasteiger partial charge in [0.05, 0.1) is 5.75 Å². The van der Waals surface area contributed by atoms with E-state index < -0.39 is 0 Å². The van der Waals surface area contributed by atoms with Crippen LogP contribution >= 0.6 is 11.8 Å². The summed E-state index contributed by atoms with van der Waals surface area (Å²) in [5, 5.41) is 3.39. The second-order valence-electron chi connectivity index (χ2n) is 6.32. The van der Waals surface area contributed by atoms with E-state index in [9.17, 15) is 9.59 Å². The maximum Gasteiger partial charge on any atom is 0.321 e. The van der Waals surface area contributed by atoms with Crippen LogP contribution in [0.1, 0.15) is 18.1 Å². The maximum absolute atomic E-state index is 12.2. The number of ether oxygens (including phenoxy) is 1. The number of carbonyl (C=O) groups is 2. The van der Waals surface area contributed by atoms with Gasteiger partial charge in [-0.3, -0.25) is 14.2 Å². The Bertz CT molecular complexity index is 996. The van der Waals surface area contributed by atoms with E-state index >= 15 is 0 Å². The summed E-state index contributed by atoms with van der Waals surface area (Å²) in [7, 11) is 0. The van der Waals surface area contributed by atoms with Gasteiger partial charge in [-0.05, 0) is 61.4 Å². The molecule has 0 saturated heterocycles. The highest BCUT2D eigenvalue weighted by molar-refractivity contribution is 7.99. The number of esters is 1. The van der Waals surface area contributed by atoms with E-state index in [1.807, 2.05) is 16.8 Å². The van der Waals surface area contributed by atoms with Crippen molar-refractivity contribution in [1.29, 1.82) is 0 Å². The average molecular weight is 395 g/mol. The van der Waals surface area contributed by atoms with Crippen LogP contribution in [0.3, 0.4) is 0 Å². The minimum Gasteiger partial charge on any atom is -0.426 e. The molecule has 0 bridgehead atoms. The molecule has 3 rings (SSSR count). The summed E-state index contributed by atoms with van der Waals surface area (Å²) in [4.78, 5) is 27.5. The van der Waals surface area contributed by atoms with E-state index in [4.69, 9.17) is 4.74 Å². The first-order valence-electron chi connectivity index (χ1n) is 8.74. The van der Waals surface area contributed by atoms with Crippen LogP contribution in [0, 0.1) is 13.8 Å². The molecule has 28 heavy (non-hydrogen) atoms. The molecule has 1 amide bonds. The van der Waals surface area contributed by atoms with Crippen molar-refractivity contribution in [3.8, 4) is 11.4 Å². The van der Waals surface area contributed by atoms with Gasteiger partial charge in [0, 0.05) is 30.7 Å². The molecule has 2 aromatic carbocycles. The van der Waals surface area contributed by atoms with Crippen LogP contribution in [0.5, 0.6) is 5.75 Å². The first-order chi connectivity index (χ1) is 13.4. The van der Waals surface area contributed by atoms with Crippen molar-refractivity contribution in [2.24, 2.45) is 0 Å². The number of aromatic nitrogens is 2. The van der Waals surface area contributed by atoms with Gasteiger partial charge in [0.25, 0.3) is 0 Å². The van der Waals surface area contributed by atoms with Gasteiger partial charge >= 0.3 is 5.97 Å². The number of aryl methyl sites for hydroxylation is 2. The van der Waals surface area contributed by atoms with Gasteiger partial charge in [-0.25, -0.2) is 4.98 Å². The molecular weight excluding hydrogens is 374 g/mol. The normalized spacial score (nSPS) is 10.5. The average Bonchev–Trinajstić information content (AvgIpc) is 3.12. The summed E-state index contributed by atoms with van der Waals surface area (Å²) in [6.07, 6.45) is 3.59. The Morgan fingerprint density at radius 3 is 2.54 bits per heavy atom. The predicted octanol–water partition coefficient (Wildman–Crippen LogP) is 4.15. The van der Waals surface area contributed by atoms with Gasteiger partial charge < -0.3 is 10.1 Å². The first kappa shape index (κ1) is 19.7. The van der Waals surface area contributed by atoms with Crippen LogP contribution in [-0.2, 0) is 9.59 Å². The lowest BCUT2D eigenvalue weighted by atomic mass is 10.1. The quantitative estimate of drug-likeness (QED) is 0.386. The zero-order chi connectivity index (χ0) is 20.1. The minimum atomic E-state index is -0.369. The highest BCUT2D eigenvalue weighted by atomic mass is 32.2. The third kappa shape index (κ3) is 5.01. The largest absolute Gasteiger partial charge is 0.426 e. The van der Waals surface area contributed by atoms with Crippen molar-refractivity contribution in [3.63, 3.8) is 0 Å². The van der Waals surface area contributed by atoms with Crippen molar-refractivity contribution < 1.29 is 14.3 Å². The molecule has 6 nitrogen and oxygen atoms in total. The Hall–Kier alpha value is -3.06. The number of thioether (sulfide) groups is 1. The van der Waals surface area contributed by atoms with Gasteiger partial charge in [0.2, 0.25) is 5.91 Å². The van der Waals surface area contributed by atoms with E-state index in [1.165, 1.54) is 29.8 Å². The highest BCUT2D eigenvalue weighted by Gasteiger charge is 2.11. The molecule has 144 valence electrons. The number of nitrogens with zero attached hydrogens (tertiary/aromatic N) is 2. The molecule has 3 aromatic rings. The molecule has 0 aliphatic carbocycles. The van der Waals surface area contributed by atoms with E-state index in [2.05, 4.69) is 36.3 Å². The summed E-state index contributed by atoms with van der Waals surface area (Å²) in [5.41, 5.74) is 4.08. The number of nitrogens with one attached hydrogen (secondary N) is 1. The monoisotopic (exact) mass is 395 g/mol. The van der Waals surface area contributed by atoms with Crippen molar-refractivity contribution in [2.45, 2.75) is 25.9 Å². The lowest BCUT2D eigenvalue weighted by Crippen LogP contribution is -2.11. The minimum absolute atomic E-state index is 0.134. The molecule has 0 saturated carbocycles. The first-order valence-corrected chi connectivity index (χ1v) is 9.73. The fraction of sp³-hybridized carbons (Fsp3) is 0.190. The molecule has 7 heteroatoms. The van der Waals surface area contributed by atoms with Crippen molar-refractivity contribution in [2.75, 3.05) is 11.1 Å². The van der Waals surface area contributed by atoms with Crippen molar-refractivity contribution in [1.82, 2.24) is 9.55 Å². The molecule has 0 radical (unpaired) electrons. The van der Waals surface area contributed by atoms with E-state index in [0.717, 1.165) is 10.8 Å². The van der Waals surface area contributed by atoms with Crippen molar-refractivity contribution in [3.05, 3.63) is 66.0 Å². The Labute approximate surface area is 167 Å². The molecule has 0 fully saturated rings. The molecule has 1 aromatic heterocycles. The number of anilines is 1. The highest BCUT2D eigenvalue weighted by Crippen LogP contribution is 2.23. The Morgan fingerprint density at radius 1 is 1.11 bits per heavy atom. The summed E-state index contributed by atoms with van der Waals surface area (Å²) < 4.78 is 7.29. The second kappa shape index (κ2) is 8.75. The molecule has 1 heterocycles. The number of benzene rings is 2. The molecule has 0 aliphatic heterocycles. The zero-order valence-electron chi connectivity index (χ0n) is 15.9. The van der Waals surface area contributed by atoms with E-state index in [-0.39, 0.29) is 17.6 Å². The van der Waals surface area contributed by atoms with Gasteiger partial charge in [-0.15, -0.1) is 0 Å².